The first-order valence-corrected chi connectivity index (χ1v) is 5.51. The molecule has 1 N–H and O–H groups in total. The average molecular weight is 208 g/mol. The van der Waals surface area contributed by atoms with Gasteiger partial charge in [0, 0.05) is 13.5 Å². The lowest BCUT2D eigenvalue weighted by Gasteiger charge is -2.19. The maximum atomic E-state index is 3.78. The molecule has 1 aliphatic rings. The molecule has 15 heavy (non-hydrogen) atoms. The Hall–Kier alpha value is -1.09. The third kappa shape index (κ3) is 2.93. The average Bonchev–Trinajstić information content (AvgIpc) is 2.58. The van der Waals surface area contributed by atoms with Gasteiger partial charge in [-0.2, -0.15) is 0 Å². The molecule has 0 fully saturated rings. The second-order valence-electron chi connectivity index (χ2n) is 3.85. The SMILES string of the molecule is C=CCNC(C)N1CC[N+](CC=C)=C1C. The largest absolute Gasteiger partial charge is 0.276 e. The normalized spacial score (nSPS) is 18.1. The molecule has 0 aliphatic carbocycles. The predicted molar refractivity (Wildman–Crippen MR) is 65.2 cm³/mol. The monoisotopic (exact) mass is 208 g/mol. The van der Waals surface area contributed by atoms with Crippen LogP contribution in [0, 0.1) is 0 Å². The van der Waals surface area contributed by atoms with Crippen molar-refractivity contribution < 1.29 is 4.58 Å². The molecule has 1 aliphatic heterocycles. The molecule has 0 aromatic carbocycles. The van der Waals surface area contributed by atoms with E-state index >= 15 is 0 Å². The van der Waals surface area contributed by atoms with Crippen molar-refractivity contribution in [3.63, 3.8) is 0 Å². The second-order valence-corrected chi connectivity index (χ2v) is 3.85. The Labute approximate surface area is 92.8 Å². The molecule has 0 aromatic rings. The highest BCUT2D eigenvalue weighted by Gasteiger charge is 2.29. The summed E-state index contributed by atoms with van der Waals surface area (Å²) in [5, 5.41) is 3.40. The first-order valence-electron chi connectivity index (χ1n) is 5.51. The van der Waals surface area contributed by atoms with Crippen LogP contribution in [-0.4, -0.2) is 47.7 Å². The first-order chi connectivity index (χ1) is 7.20. The van der Waals surface area contributed by atoms with E-state index < -0.39 is 0 Å². The van der Waals surface area contributed by atoms with E-state index in [1.54, 1.807) is 0 Å². The van der Waals surface area contributed by atoms with Gasteiger partial charge in [0.25, 0.3) is 0 Å². The predicted octanol–water partition coefficient (Wildman–Crippen LogP) is 1.04. The lowest BCUT2D eigenvalue weighted by atomic mass is 10.4. The fraction of sp³-hybridized carbons (Fsp3) is 0.583. The van der Waals surface area contributed by atoms with E-state index in [-0.39, 0.29) is 0 Å². The van der Waals surface area contributed by atoms with E-state index in [4.69, 9.17) is 0 Å². The minimum atomic E-state index is 0.373. The summed E-state index contributed by atoms with van der Waals surface area (Å²) in [6.45, 7) is 15.8. The number of hydrogen-bond acceptors (Lipinski definition) is 2. The summed E-state index contributed by atoms with van der Waals surface area (Å²) in [6, 6.07) is 0. The Morgan fingerprint density at radius 2 is 2.27 bits per heavy atom. The highest BCUT2D eigenvalue weighted by molar-refractivity contribution is 5.76. The van der Waals surface area contributed by atoms with Gasteiger partial charge in [-0.25, -0.2) is 4.90 Å². The van der Waals surface area contributed by atoms with Crippen molar-refractivity contribution in [1.82, 2.24) is 10.2 Å². The molecule has 3 nitrogen and oxygen atoms in total. The van der Waals surface area contributed by atoms with Crippen molar-refractivity contribution in [3.05, 3.63) is 25.3 Å². The van der Waals surface area contributed by atoms with Crippen LogP contribution in [0.4, 0.5) is 0 Å². The van der Waals surface area contributed by atoms with Crippen molar-refractivity contribution in [2.45, 2.75) is 20.0 Å². The summed E-state index contributed by atoms with van der Waals surface area (Å²) in [6.07, 6.45) is 4.22. The molecule has 0 bridgehead atoms. The van der Waals surface area contributed by atoms with Crippen LogP contribution in [0.15, 0.2) is 25.3 Å². The third-order valence-electron chi connectivity index (χ3n) is 2.86. The topological polar surface area (TPSA) is 18.3 Å². The Bertz CT molecular complexity index is 268. The number of hydrogen-bond donors (Lipinski definition) is 1. The van der Waals surface area contributed by atoms with Gasteiger partial charge in [-0.05, 0) is 6.92 Å². The number of rotatable bonds is 6. The number of amidine groups is 1. The molecule has 1 rings (SSSR count). The van der Waals surface area contributed by atoms with E-state index in [1.165, 1.54) is 5.84 Å². The molecule has 0 saturated heterocycles. The molecule has 1 unspecified atom stereocenters. The van der Waals surface area contributed by atoms with Crippen molar-refractivity contribution in [1.29, 1.82) is 0 Å². The quantitative estimate of drug-likeness (QED) is 0.519. The number of nitrogens with one attached hydrogen (secondary N) is 1. The van der Waals surface area contributed by atoms with Crippen molar-refractivity contribution in [3.8, 4) is 0 Å². The van der Waals surface area contributed by atoms with Crippen LogP contribution < -0.4 is 5.32 Å². The maximum Gasteiger partial charge on any atom is 0.245 e. The fourth-order valence-electron chi connectivity index (χ4n) is 1.95. The summed E-state index contributed by atoms with van der Waals surface area (Å²) in [5.41, 5.74) is 0. The van der Waals surface area contributed by atoms with Gasteiger partial charge in [0.1, 0.15) is 25.8 Å². The van der Waals surface area contributed by atoms with Crippen LogP contribution >= 0.6 is 0 Å². The molecule has 1 atom stereocenters. The van der Waals surface area contributed by atoms with Crippen LogP contribution in [0.25, 0.3) is 0 Å². The summed E-state index contributed by atoms with van der Waals surface area (Å²) in [4.78, 5) is 2.38. The van der Waals surface area contributed by atoms with E-state index in [9.17, 15) is 0 Å². The van der Waals surface area contributed by atoms with Gasteiger partial charge >= 0.3 is 0 Å². The van der Waals surface area contributed by atoms with Gasteiger partial charge in [0.05, 0.1) is 0 Å². The van der Waals surface area contributed by atoms with Crippen LogP contribution in [-0.2, 0) is 0 Å². The molecule has 0 radical (unpaired) electrons. The summed E-state index contributed by atoms with van der Waals surface area (Å²) in [5.74, 6) is 1.33. The molecule has 0 aromatic heterocycles. The lowest BCUT2D eigenvalue weighted by Crippen LogP contribution is -2.45. The van der Waals surface area contributed by atoms with Crippen molar-refractivity contribution >= 4 is 5.84 Å². The van der Waals surface area contributed by atoms with Crippen LogP contribution in [0.5, 0.6) is 0 Å². The Kier molecular flexibility index (Phi) is 4.56. The van der Waals surface area contributed by atoms with Crippen LogP contribution in [0.3, 0.4) is 0 Å². The first kappa shape index (κ1) is 12.0. The highest BCUT2D eigenvalue weighted by atomic mass is 15.4. The van der Waals surface area contributed by atoms with Crippen molar-refractivity contribution in [2.24, 2.45) is 0 Å². The smallest absolute Gasteiger partial charge is 0.245 e. The fourth-order valence-corrected chi connectivity index (χ4v) is 1.95. The Morgan fingerprint density at radius 3 is 2.87 bits per heavy atom. The molecule has 1 heterocycles. The Morgan fingerprint density at radius 1 is 1.53 bits per heavy atom. The Balaban J connectivity index is 2.57. The maximum absolute atomic E-state index is 3.78. The minimum Gasteiger partial charge on any atom is -0.276 e. The molecule has 0 saturated carbocycles. The van der Waals surface area contributed by atoms with Gasteiger partial charge in [0.2, 0.25) is 5.84 Å². The molecule has 0 amide bonds. The molecule has 3 heteroatoms. The van der Waals surface area contributed by atoms with Gasteiger partial charge < -0.3 is 0 Å². The zero-order valence-corrected chi connectivity index (χ0v) is 9.87. The molecular formula is C12H22N3+. The van der Waals surface area contributed by atoms with E-state index in [0.717, 1.165) is 26.2 Å². The second kappa shape index (κ2) is 5.71. The van der Waals surface area contributed by atoms with Gasteiger partial charge in [-0.1, -0.05) is 18.7 Å². The standard InChI is InChI=1S/C12H22N3/c1-5-7-13-11(3)15-10-9-14(8-6-2)12(15)4/h5-6,11,13H,1-2,7-10H2,3-4H3/q+1. The molecular weight excluding hydrogens is 186 g/mol. The zero-order chi connectivity index (χ0) is 11.3. The van der Waals surface area contributed by atoms with Gasteiger partial charge in [-0.3, -0.25) is 9.89 Å². The molecule has 0 spiro atoms. The number of nitrogens with zero attached hydrogens (tertiary/aromatic N) is 2. The van der Waals surface area contributed by atoms with Gasteiger partial charge in [-0.15, -0.1) is 6.58 Å². The van der Waals surface area contributed by atoms with Gasteiger partial charge in [0.15, 0.2) is 0 Å². The zero-order valence-electron chi connectivity index (χ0n) is 9.87. The van der Waals surface area contributed by atoms with Crippen molar-refractivity contribution in [2.75, 3.05) is 26.2 Å². The lowest BCUT2D eigenvalue weighted by molar-refractivity contribution is -0.508. The van der Waals surface area contributed by atoms with E-state index in [2.05, 4.69) is 41.8 Å². The minimum absolute atomic E-state index is 0.373. The summed E-state index contributed by atoms with van der Waals surface area (Å²) in [7, 11) is 0. The highest BCUT2D eigenvalue weighted by Crippen LogP contribution is 2.05. The summed E-state index contributed by atoms with van der Waals surface area (Å²) < 4.78 is 2.35. The summed E-state index contributed by atoms with van der Waals surface area (Å²) >= 11 is 0. The third-order valence-corrected chi connectivity index (χ3v) is 2.86. The van der Waals surface area contributed by atoms with E-state index in [0.29, 0.717) is 6.17 Å². The van der Waals surface area contributed by atoms with E-state index in [1.807, 2.05) is 12.2 Å². The van der Waals surface area contributed by atoms with Crippen LogP contribution in [0.1, 0.15) is 13.8 Å². The molecule has 84 valence electrons. The van der Waals surface area contributed by atoms with Crippen LogP contribution in [0.2, 0.25) is 0 Å².